The lowest BCUT2D eigenvalue weighted by Crippen LogP contribution is -2.14. The minimum atomic E-state index is -0.603. The molecule has 0 amide bonds. The zero-order chi connectivity index (χ0) is 11.7. The van der Waals surface area contributed by atoms with E-state index in [9.17, 15) is 9.59 Å². The van der Waals surface area contributed by atoms with Gasteiger partial charge in [0.1, 0.15) is 12.9 Å². The molecule has 0 N–H and O–H groups in total. The van der Waals surface area contributed by atoms with Crippen LogP contribution in [0.5, 0.6) is 0 Å². The van der Waals surface area contributed by atoms with Crippen molar-refractivity contribution >= 4 is 17.5 Å². The van der Waals surface area contributed by atoms with Gasteiger partial charge in [0.05, 0.1) is 18.7 Å². The molecule has 0 saturated carbocycles. The van der Waals surface area contributed by atoms with Gasteiger partial charge in [-0.15, -0.1) is 0 Å². The van der Waals surface area contributed by atoms with Crippen molar-refractivity contribution in [2.75, 3.05) is 13.7 Å². The number of hydrogen-bond acceptors (Lipinski definition) is 6. The number of rotatable bonds is 7. The second kappa shape index (κ2) is 7.93. The number of carbonyl (C=O) groups is 2. The first kappa shape index (κ1) is 13.6. The van der Waals surface area contributed by atoms with E-state index >= 15 is 0 Å². The zero-order valence-electron chi connectivity index (χ0n) is 9.11. The van der Waals surface area contributed by atoms with Gasteiger partial charge >= 0.3 is 5.97 Å². The molecule has 0 heterocycles. The minimum absolute atomic E-state index is 0.0645. The third kappa shape index (κ3) is 7.63. The molecule has 0 aliphatic heterocycles. The van der Waals surface area contributed by atoms with Crippen LogP contribution in [0.1, 0.15) is 26.7 Å². The number of Topliss-reactive ketones (excluding diaryl/α,β-unsaturated/α-hetero) is 1. The molecule has 0 fully saturated rings. The average Bonchev–Trinajstić information content (AvgIpc) is 2.14. The van der Waals surface area contributed by atoms with E-state index in [2.05, 4.69) is 19.8 Å². The predicted octanol–water partition coefficient (Wildman–Crippen LogP) is 0.853. The Kier molecular flexibility index (Phi) is 7.17. The largest absolute Gasteiger partial charge is 0.399 e. The first-order chi connectivity index (χ1) is 7.10. The van der Waals surface area contributed by atoms with Crippen LogP contribution < -0.4 is 0 Å². The predicted molar refractivity (Wildman–Crippen MR) is 52.1 cm³/mol. The molecule has 0 unspecified atom stereocenters. The maximum Gasteiger partial charge on any atom is 0.348 e. The summed E-state index contributed by atoms with van der Waals surface area (Å²) in [6.45, 7) is 3.36. The van der Waals surface area contributed by atoms with Crippen molar-refractivity contribution in [1.82, 2.24) is 0 Å². The lowest BCUT2D eigenvalue weighted by Gasteiger charge is -2.03. The third-order valence-electron chi connectivity index (χ3n) is 1.29. The number of ketones is 1. The summed E-state index contributed by atoms with van der Waals surface area (Å²) in [5.74, 6) is -0.705. The van der Waals surface area contributed by atoms with Crippen molar-refractivity contribution in [1.29, 1.82) is 0 Å². The minimum Gasteiger partial charge on any atom is -0.399 e. The molecule has 6 nitrogen and oxygen atoms in total. The van der Waals surface area contributed by atoms with Gasteiger partial charge in [-0.05, 0) is 13.8 Å². The Morgan fingerprint density at radius 2 is 1.93 bits per heavy atom. The molecular formula is C9H15NO5. The standard InChI is InChI=1S/C9H15NO5/c1-4-14-15-9(12)6-8(10-13-3)5-7(2)11/h4-6H2,1-3H3. The van der Waals surface area contributed by atoms with Gasteiger partial charge in [-0.3, -0.25) is 9.68 Å². The maximum atomic E-state index is 11.1. The molecule has 0 radical (unpaired) electrons. The van der Waals surface area contributed by atoms with E-state index in [1.54, 1.807) is 6.92 Å². The molecule has 0 aliphatic rings. The molecule has 0 aromatic carbocycles. The molecule has 0 atom stereocenters. The lowest BCUT2D eigenvalue weighted by molar-refractivity contribution is -0.268. The number of hydrogen-bond donors (Lipinski definition) is 0. The van der Waals surface area contributed by atoms with Crippen molar-refractivity contribution in [3.63, 3.8) is 0 Å². The van der Waals surface area contributed by atoms with Gasteiger partial charge < -0.3 is 4.84 Å². The van der Waals surface area contributed by atoms with Crippen LogP contribution in [0.25, 0.3) is 0 Å². The average molecular weight is 217 g/mol. The van der Waals surface area contributed by atoms with Crippen molar-refractivity contribution in [2.45, 2.75) is 26.7 Å². The van der Waals surface area contributed by atoms with E-state index in [-0.39, 0.29) is 25.2 Å². The van der Waals surface area contributed by atoms with Gasteiger partial charge in [-0.1, -0.05) is 5.16 Å². The Morgan fingerprint density at radius 3 is 2.40 bits per heavy atom. The topological polar surface area (TPSA) is 74.2 Å². The SMILES string of the molecule is CCOOC(=O)CC(CC(C)=O)=NOC. The molecular weight excluding hydrogens is 202 g/mol. The van der Waals surface area contributed by atoms with Gasteiger partial charge in [-0.2, -0.15) is 4.89 Å². The second-order valence-corrected chi connectivity index (χ2v) is 2.76. The molecule has 86 valence electrons. The zero-order valence-corrected chi connectivity index (χ0v) is 9.11. The van der Waals surface area contributed by atoms with Crippen molar-refractivity contribution in [3.05, 3.63) is 0 Å². The maximum absolute atomic E-state index is 11.1. The molecule has 0 saturated heterocycles. The molecule has 0 bridgehead atoms. The summed E-state index contributed by atoms with van der Waals surface area (Å²) in [6.07, 6.45) is -0.0531. The van der Waals surface area contributed by atoms with Crippen LogP contribution in [-0.4, -0.2) is 31.2 Å². The van der Waals surface area contributed by atoms with Gasteiger partial charge in [0.15, 0.2) is 0 Å². The Balaban J connectivity index is 4.11. The fourth-order valence-electron chi connectivity index (χ4n) is 0.864. The molecule has 0 aliphatic carbocycles. The van der Waals surface area contributed by atoms with E-state index in [0.717, 1.165) is 0 Å². The highest BCUT2D eigenvalue weighted by molar-refractivity contribution is 6.07. The van der Waals surface area contributed by atoms with Gasteiger partial charge in [0, 0.05) is 6.42 Å². The van der Waals surface area contributed by atoms with E-state index in [0.29, 0.717) is 5.71 Å². The summed E-state index contributed by atoms with van der Waals surface area (Å²) in [4.78, 5) is 35.2. The van der Waals surface area contributed by atoms with Crippen molar-refractivity contribution in [2.24, 2.45) is 5.16 Å². The number of carbonyl (C=O) groups excluding carboxylic acids is 2. The molecule has 0 aromatic rings. The lowest BCUT2D eigenvalue weighted by atomic mass is 10.1. The third-order valence-corrected chi connectivity index (χ3v) is 1.29. The smallest absolute Gasteiger partial charge is 0.348 e. The molecule has 0 rings (SSSR count). The van der Waals surface area contributed by atoms with Crippen LogP contribution in [-0.2, 0) is 24.2 Å². The van der Waals surface area contributed by atoms with Crippen molar-refractivity contribution < 1.29 is 24.2 Å². The quantitative estimate of drug-likeness (QED) is 0.359. The molecule has 6 heteroatoms. The first-order valence-corrected chi connectivity index (χ1v) is 4.50. The van der Waals surface area contributed by atoms with Crippen LogP contribution in [0.15, 0.2) is 5.16 Å². The summed E-state index contributed by atoms with van der Waals surface area (Å²) >= 11 is 0. The van der Waals surface area contributed by atoms with Gasteiger partial charge in [0.2, 0.25) is 0 Å². The fourth-order valence-corrected chi connectivity index (χ4v) is 0.864. The highest BCUT2D eigenvalue weighted by atomic mass is 17.2. The van der Waals surface area contributed by atoms with Gasteiger partial charge in [0.25, 0.3) is 0 Å². The Morgan fingerprint density at radius 1 is 1.27 bits per heavy atom. The summed E-state index contributed by atoms with van der Waals surface area (Å²) in [5.41, 5.74) is 0.315. The Bertz CT molecular complexity index is 249. The number of nitrogens with zero attached hydrogens (tertiary/aromatic N) is 1. The summed E-state index contributed by atoms with van der Waals surface area (Å²) in [5, 5.41) is 3.55. The van der Waals surface area contributed by atoms with Gasteiger partial charge in [-0.25, -0.2) is 4.79 Å². The second-order valence-electron chi connectivity index (χ2n) is 2.76. The number of oxime groups is 1. The highest BCUT2D eigenvalue weighted by Crippen LogP contribution is 1.98. The molecule has 0 aromatic heterocycles. The van der Waals surface area contributed by atoms with Crippen LogP contribution in [0, 0.1) is 0 Å². The van der Waals surface area contributed by atoms with Crippen LogP contribution in [0.4, 0.5) is 0 Å². The van der Waals surface area contributed by atoms with E-state index < -0.39 is 5.97 Å². The molecule has 0 spiro atoms. The van der Waals surface area contributed by atoms with Crippen LogP contribution in [0.2, 0.25) is 0 Å². The van der Waals surface area contributed by atoms with Crippen LogP contribution in [0.3, 0.4) is 0 Å². The Hall–Kier alpha value is -1.43. The van der Waals surface area contributed by atoms with Crippen molar-refractivity contribution in [3.8, 4) is 0 Å². The Labute approximate surface area is 88.1 Å². The summed E-state index contributed by atoms with van der Waals surface area (Å²) < 4.78 is 0. The summed E-state index contributed by atoms with van der Waals surface area (Å²) in [7, 11) is 1.34. The monoisotopic (exact) mass is 217 g/mol. The van der Waals surface area contributed by atoms with E-state index in [1.165, 1.54) is 14.0 Å². The summed E-state index contributed by atoms with van der Waals surface area (Å²) in [6, 6.07) is 0. The normalized spacial score (nSPS) is 11.0. The fraction of sp³-hybridized carbons (Fsp3) is 0.667. The van der Waals surface area contributed by atoms with E-state index in [1.807, 2.05) is 0 Å². The highest BCUT2D eigenvalue weighted by Gasteiger charge is 2.12. The molecule has 15 heavy (non-hydrogen) atoms. The van der Waals surface area contributed by atoms with Crippen LogP contribution >= 0.6 is 0 Å². The first-order valence-electron chi connectivity index (χ1n) is 4.50. The van der Waals surface area contributed by atoms with E-state index in [4.69, 9.17) is 0 Å².